The zero-order valence-electron chi connectivity index (χ0n) is 22.9. The lowest BCUT2D eigenvalue weighted by molar-refractivity contribution is -0.186. The lowest BCUT2D eigenvalue weighted by atomic mass is 9.41. The van der Waals surface area contributed by atoms with Crippen LogP contribution in [0.2, 0.25) is 0 Å². The first-order chi connectivity index (χ1) is 16.7. The molecule has 5 heteroatoms. The molecule has 0 bridgehead atoms. The first-order valence-corrected chi connectivity index (χ1v) is 14.5. The minimum Gasteiger partial charge on any atom is -0.466 e. The third-order valence-corrected chi connectivity index (χ3v) is 11.9. The van der Waals surface area contributed by atoms with Crippen LogP contribution in [0.1, 0.15) is 90.8 Å². The number of nitrogens with zero attached hydrogens (tertiary/aromatic N) is 2. The van der Waals surface area contributed by atoms with E-state index in [1.54, 1.807) is 0 Å². The average Bonchev–Trinajstić information content (AvgIpc) is 3.36. The van der Waals surface area contributed by atoms with Crippen molar-refractivity contribution >= 4 is 5.97 Å². The summed E-state index contributed by atoms with van der Waals surface area (Å²) in [4.78, 5) is 12.0. The Hall–Kier alpha value is -1.36. The lowest BCUT2D eigenvalue weighted by Gasteiger charge is -2.64. The van der Waals surface area contributed by atoms with Gasteiger partial charge in [-0.25, -0.2) is 0 Å². The van der Waals surface area contributed by atoms with Gasteiger partial charge < -0.3 is 9.84 Å². The van der Waals surface area contributed by atoms with Crippen molar-refractivity contribution in [1.82, 2.24) is 9.78 Å². The Balaban J connectivity index is 1.41. The van der Waals surface area contributed by atoms with E-state index in [0.717, 1.165) is 25.7 Å². The maximum atomic E-state index is 12.0. The number of aliphatic hydroxyl groups is 1. The second-order valence-corrected chi connectivity index (χ2v) is 13.1. The summed E-state index contributed by atoms with van der Waals surface area (Å²) in [6, 6.07) is 0. The van der Waals surface area contributed by atoms with Gasteiger partial charge in [0.2, 0.25) is 0 Å². The molecule has 5 nitrogen and oxygen atoms in total. The summed E-state index contributed by atoms with van der Waals surface area (Å²) in [5.74, 6) is 3.59. The van der Waals surface area contributed by atoms with Crippen LogP contribution in [0.3, 0.4) is 0 Å². The van der Waals surface area contributed by atoms with E-state index in [9.17, 15) is 9.90 Å². The molecule has 196 valence electrons. The van der Waals surface area contributed by atoms with Crippen LogP contribution in [0, 0.1) is 52.3 Å². The maximum Gasteiger partial charge on any atom is 0.305 e. The van der Waals surface area contributed by atoms with Gasteiger partial charge in [0.15, 0.2) is 0 Å². The van der Waals surface area contributed by atoms with Crippen molar-refractivity contribution in [1.29, 1.82) is 0 Å². The van der Waals surface area contributed by atoms with Gasteiger partial charge in [-0.15, -0.1) is 0 Å². The van der Waals surface area contributed by atoms with Crippen LogP contribution in [0.25, 0.3) is 0 Å². The number of rotatable bonds is 6. The Kier molecular flexibility index (Phi) is 6.64. The number of fused-ring (bicyclic) bond motifs is 6. The molecule has 3 saturated carbocycles. The Morgan fingerprint density at radius 1 is 1.20 bits per heavy atom. The average molecular weight is 485 g/mol. The van der Waals surface area contributed by atoms with E-state index in [1.807, 2.05) is 6.92 Å². The molecule has 0 saturated heterocycles. The van der Waals surface area contributed by atoms with Gasteiger partial charge in [0.05, 0.1) is 18.9 Å². The normalized spacial score (nSPS) is 43.0. The van der Waals surface area contributed by atoms with Crippen molar-refractivity contribution in [2.45, 2.75) is 98.5 Å². The standard InChI is InChI=1S/C30H48N2O3/c1-7-20-24-15-25-19(17-31-32(25)6)16-30(24,5)23-13-14-29(4)21(10-11-22(29)27(23)28(20)34)18(3)9-12-26(33)35-8-2/h17-18,20-24,27-28,34H,7-16H2,1-6H3/t18-,20-,21-,22+,23+,24+,27+,28-,29-,30-/m1/s1. The molecule has 0 unspecified atom stereocenters. The highest BCUT2D eigenvalue weighted by atomic mass is 16.5. The highest BCUT2D eigenvalue weighted by molar-refractivity contribution is 5.69. The Bertz CT molecular complexity index is 942. The van der Waals surface area contributed by atoms with Crippen molar-refractivity contribution in [2.24, 2.45) is 59.3 Å². The molecule has 5 rings (SSSR count). The van der Waals surface area contributed by atoms with Crippen molar-refractivity contribution < 1.29 is 14.6 Å². The topological polar surface area (TPSA) is 64.3 Å². The number of aromatic nitrogens is 2. The molecule has 1 aromatic rings. The third kappa shape index (κ3) is 3.81. The Labute approximate surface area is 212 Å². The van der Waals surface area contributed by atoms with Crippen LogP contribution in [0.4, 0.5) is 0 Å². The van der Waals surface area contributed by atoms with E-state index in [4.69, 9.17) is 4.74 Å². The van der Waals surface area contributed by atoms with Gasteiger partial charge in [0, 0.05) is 19.2 Å². The molecule has 0 aromatic carbocycles. The summed E-state index contributed by atoms with van der Waals surface area (Å²) in [7, 11) is 2.08. The van der Waals surface area contributed by atoms with Crippen molar-refractivity contribution in [2.75, 3.05) is 6.61 Å². The number of esters is 1. The van der Waals surface area contributed by atoms with Gasteiger partial charge in [-0.1, -0.05) is 34.1 Å². The fraction of sp³-hybridized carbons (Fsp3) is 0.867. The number of carbonyl (C=O) groups excluding carboxylic acids is 1. The van der Waals surface area contributed by atoms with E-state index in [-0.39, 0.29) is 22.9 Å². The molecule has 0 radical (unpaired) electrons. The first kappa shape index (κ1) is 25.3. The molecule has 4 aliphatic carbocycles. The number of ether oxygens (including phenoxy) is 1. The summed E-state index contributed by atoms with van der Waals surface area (Å²) >= 11 is 0. The molecule has 1 aromatic heterocycles. The van der Waals surface area contributed by atoms with Gasteiger partial charge in [0.1, 0.15) is 0 Å². The smallest absolute Gasteiger partial charge is 0.305 e. The van der Waals surface area contributed by atoms with Gasteiger partial charge >= 0.3 is 5.97 Å². The van der Waals surface area contributed by atoms with Gasteiger partial charge in [-0.2, -0.15) is 5.10 Å². The van der Waals surface area contributed by atoms with Crippen LogP contribution in [0.15, 0.2) is 6.20 Å². The van der Waals surface area contributed by atoms with E-state index in [0.29, 0.717) is 54.5 Å². The summed E-state index contributed by atoms with van der Waals surface area (Å²) in [6.45, 7) is 12.1. The molecule has 0 amide bonds. The summed E-state index contributed by atoms with van der Waals surface area (Å²) in [6.07, 6.45) is 11.6. The second-order valence-electron chi connectivity index (χ2n) is 13.1. The molecule has 10 atom stereocenters. The van der Waals surface area contributed by atoms with Crippen molar-refractivity contribution in [3.8, 4) is 0 Å². The van der Waals surface area contributed by atoms with Crippen LogP contribution in [-0.4, -0.2) is 33.6 Å². The largest absolute Gasteiger partial charge is 0.466 e. The summed E-state index contributed by atoms with van der Waals surface area (Å²) < 4.78 is 7.29. The number of aliphatic hydroxyl groups excluding tert-OH is 1. The minimum atomic E-state index is -0.198. The maximum absolute atomic E-state index is 12.0. The second kappa shape index (κ2) is 9.19. The molecule has 3 fully saturated rings. The van der Waals surface area contributed by atoms with Gasteiger partial charge in [0.25, 0.3) is 0 Å². The summed E-state index contributed by atoms with van der Waals surface area (Å²) in [5.41, 5.74) is 3.36. The van der Waals surface area contributed by atoms with Crippen LogP contribution >= 0.6 is 0 Å². The number of hydrogen-bond acceptors (Lipinski definition) is 4. The molecule has 0 aliphatic heterocycles. The van der Waals surface area contributed by atoms with E-state index in [2.05, 4.69) is 50.7 Å². The number of aryl methyl sites for hydroxylation is 1. The van der Waals surface area contributed by atoms with Crippen molar-refractivity contribution in [3.63, 3.8) is 0 Å². The molecular weight excluding hydrogens is 436 g/mol. The molecule has 35 heavy (non-hydrogen) atoms. The minimum absolute atomic E-state index is 0.0534. The predicted octanol–water partition coefficient (Wildman–Crippen LogP) is 5.58. The molecule has 1 N–H and O–H groups in total. The predicted molar refractivity (Wildman–Crippen MR) is 138 cm³/mol. The number of hydrogen-bond donors (Lipinski definition) is 1. The Morgan fingerprint density at radius 2 is 1.94 bits per heavy atom. The fourth-order valence-corrected chi connectivity index (χ4v) is 10.2. The van der Waals surface area contributed by atoms with Crippen molar-refractivity contribution in [3.05, 3.63) is 17.5 Å². The summed E-state index contributed by atoms with van der Waals surface area (Å²) in [5, 5.41) is 16.6. The number of carbonyl (C=O) groups is 1. The fourth-order valence-electron chi connectivity index (χ4n) is 10.2. The molecular formula is C30H48N2O3. The highest BCUT2D eigenvalue weighted by Gasteiger charge is 2.65. The highest BCUT2D eigenvalue weighted by Crippen LogP contribution is 2.69. The van der Waals surface area contributed by atoms with E-state index in [1.165, 1.54) is 36.9 Å². The molecule has 0 spiro atoms. The lowest BCUT2D eigenvalue weighted by Crippen LogP contribution is -2.62. The quantitative estimate of drug-likeness (QED) is 0.535. The van der Waals surface area contributed by atoms with E-state index >= 15 is 0 Å². The zero-order valence-corrected chi connectivity index (χ0v) is 22.9. The van der Waals surface area contributed by atoms with Crippen LogP contribution in [-0.2, 0) is 29.4 Å². The van der Waals surface area contributed by atoms with Crippen LogP contribution < -0.4 is 0 Å². The SMILES string of the molecule is CCOC(=O)CC[C@@H](C)[C@H]1CC[C@H]2[C@@H]3[C@H](O)[C@H](CC)[C@@H]4Cc5c(cnn5C)C[C@]4(C)[C@H]3CC[C@]12C. The molecule has 4 aliphatic rings. The molecule has 1 heterocycles. The Morgan fingerprint density at radius 3 is 2.66 bits per heavy atom. The van der Waals surface area contributed by atoms with E-state index < -0.39 is 0 Å². The third-order valence-electron chi connectivity index (χ3n) is 11.9. The zero-order chi connectivity index (χ0) is 25.1. The monoisotopic (exact) mass is 484 g/mol. The van der Waals surface area contributed by atoms with Crippen LogP contribution in [0.5, 0.6) is 0 Å². The van der Waals surface area contributed by atoms with Gasteiger partial charge in [-0.3, -0.25) is 9.48 Å². The van der Waals surface area contributed by atoms with Gasteiger partial charge in [-0.05, 0) is 110 Å². The first-order valence-electron chi connectivity index (χ1n) is 14.5.